The van der Waals surface area contributed by atoms with Crippen LogP contribution in [0.5, 0.6) is 11.5 Å². The van der Waals surface area contributed by atoms with Crippen molar-refractivity contribution in [1.82, 2.24) is 0 Å². The van der Waals surface area contributed by atoms with E-state index in [1.165, 1.54) is 11.1 Å². The van der Waals surface area contributed by atoms with Crippen LogP contribution in [0, 0.1) is 0 Å². The summed E-state index contributed by atoms with van der Waals surface area (Å²) in [5.74, 6) is 1.48. The lowest BCUT2D eigenvalue weighted by atomic mass is 10.1. The smallest absolute Gasteiger partial charge is 0.175 e. The zero-order valence-corrected chi connectivity index (χ0v) is 17.3. The molecule has 0 unspecified atom stereocenters. The molecular formula is C23H25BrNO2+. The zero-order chi connectivity index (χ0) is 19.1. The highest BCUT2D eigenvalue weighted by atomic mass is 79.9. The molecule has 2 N–H and O–H groups in total. The first-order chi connectivity index (χ1) is 13.2. The van der Waals surface area contributed by atoms with Crippen LogP contribution in [0.15, 0.2) is 77.3 Å². The van der Waals surface area contributed by atoms with Gasteiger partial charge in [-0.3, -0.25) is 0 Å². The van der Waals surface area contributed by atoms with Gasteiger partial charge in [-0.2, -0.15) is 0 Å². The standard InChI is InChI=1S/C23H24BrNO2/c1-17(20-11-7-4-8-12-20)25-15-19-13-21(24)23(22(14-19)26-2)27-16-18-9-5-3-6-10-18/h3-14,17,25H,15-16H2,1-2H3/p+1/t17-/m1/s1. The summed E-state index contributed by atoms with van der Waals surface area (Å²) >= 11 is 3.65. The highest BCUT2D eigenvalue weighted by Crippen LogP contribution is 2.37. The van der Waals surface area contributed by atoms with Gasteiger partial charge < -0.3 is 14.8 Å². The second-order valence-corrected chi connectivity index (χ2v) is 7.38. The maximum atomic E-state index is 6.01. The van der Waals surface area contributed by atoms with Crippen LogP contribution in [0.4, 0.5) is 0 Å². The maximum Gasteiger partial charge on any atom is 0.175 e. The van der Waals surface area contributed by atoms with Gasteiger partial charge in [0.05, 0.1) is 11.6 Å². The molecule has 0 aliphatic heterocycles. The molecule has 3 aromatic carbocycles. The number of rotatable bonds is 8. The topological polar surface area (TPSA) is 35.1 Å². The average molecular weight is 427 g/mol. The molecule has 0 heterocycles. The quantitative estimate of drug-likeness (QED) is 0.557. The number of hydrogen-bond acceptors (Lipinski definition) is 2. The van der Waals surface area contributed by atoms with E-state index in [4.69, 9.17) is 9.47 Å². The number of benzene rings is 3. The van der Waals surface area contributed by atoms with Crippen LogP contribution in [-0.4, -0.2) is 7.11 Å². The molecule has 0 fully saturated rings. The first-order valence-electron chi connectivity index (χ1n) is 9.08. The van der Waals surface area contributed by atoms with Crippen molar-refractivity contribution in [2.75, 3.05) is 7.11 Å². The van der Waals surface area contributed by atoms with E-state index in [0.29, 0.717) is 12.6 Å². The van der Waals surface area contributed by atoms with E-state index >= 15 is 0 Å². The van der Waals surface area contributed by atoms with Crippen molar-refractivity contribution in [2.24, 2.45) is 0 Å². The normalized spacial score (nSPS) is 11.8. The molecule has 3 rings (SSSR count). The minimum absolute atomic E-state index is 0.393. The van der Waals surface area contributed by atoms with Crippen LogP contribution in [-0.2, 0) is 13.2 Å². The van der Waals surface area contributed by atoms with E-state index < -0.39 is 0 Å². The van der Waals surface area contributed by atoms with Gasteiger partial charge in [-0.25, -0.2) is 0 Å². The largest absolute Gasteiger partial charge is 0.493 e. The molecule has 0 radical (unpaired) electrons. The van der Waals surface area contributed by atoms with E-state index in [1.54, 1.807) is 7.11 Å². The van der Waals surface area contributed by atoms with Crippen molar-refractivity contribution in [1.29, 1.82) is 0 Å². The summed E-state index contributed by atoms with van der Waals surface area (Å²) in [6.45, 7) is 3.59. The lowest BCUT2D eigenvalue weighted by Gasteiger charge is -2.15. The molecular weight excluding hydrogens is 402 g/mol. The number of halogens is 1. The average Bonchev–Trinajstić information content (AvgIpc) is 2.72. The van der Waals surface area contributed by atoms with Crippen molar-refractivity contribution in [2.45, 2.75) is 26.1 Å². The minimum atomic E-state index is 0.393. The predicted octanol–water partition coefficient (Wildman–Crippen LogP) is 4.86. The highest BCUT2D eigenvalue weighted by molar-refractivity contribution is 9.10. The number of methoxy groups -OCH3 is 1. The molecule has 0 amide bonds. The Hall–Kier alpha value is -2.30. The lowest BCUT2D eigenvalue weighted by Crippen LogP contribution is -2.83. The predicted molar refractivity (Wildman–Crippen MR) is 112 cm³/mol. The molecule has 140 valence electrons. The number of nitrogens with two attached hydrogens (primary N) is 1. The zero-order valence-electron chi connectivity index (χ0n) is 15.7. The van der Waals surface area contributed by atoms with E-state index in [1.807, 2.05) is 24.3 Å². The van der Waals surface area contributed by atoms with E-state index in [2.05, 4.69) is 76.7 Å². The summed E-state index contributed by atoms with van der Waals surface area (Å²) in [6, 6.07) is 25.2. The first-order valence-corrected chi connectivity index (χ1v) is 9.88. The third-order valence-electron chi connectivity index (χ3n) is 4.55. The molecule has 0 bridgehead atoms. The number of hydrogen-bond donors (Lipinski definition) is 1. The molecule has 3 aromatic rings. The SMILES string of the molecule is COc1cc(C[NH2+][C@H](C)c2ccccc2)cc(Br)c1OCc1ccccc1. The molecule has 0 aliphatic rings. The molecule has 27 heavy (non-hydrogen) atoms. The maximum absolute atomic E-state index is 6.01. The van der Waals surface area contributed by atoms with Gasteiger partial charge in [-0.15, -0.1) is 0 Å². The van der Waals surface area contributed by atoms with Crippen molar-refractivity contribution >= 4 is 15.9 Å². The van der Waals surface area contributed by atoms with Crippen LogP contribution in [0.25, 0.3) is 0 Å². The molecule has 0 aromatic heterocycles. The van der Waals surface area contributed by atoms with Crippen molar-refractivity contribution in [3.63, 3.8) is 0 Å². The Morgan fingerprint density at radius 1 is 0.926 bits per heavy atom. The van der Waals surface area contributed by atoms with Gasteiger partial charge in [0.2, 0.25) is 0 Å². The molecule has 3 nitrogen and oxygen atoms in total. The van der Waals surface area contributed by atoms with E-state index in [-0.39, 0.29) is 0 Å². The molecule has 0 aliphatic carbocycles. The fourth-order valence-electron chi connectivity index (χ4n) is 2.97. The first kappa shape index (κ1) is 19.5. The van der Waals surface area contributed by atoms with Gasteiger partial charge in [0, 0.05) is 11.1 Å². The molecule has 0 saturated heterocycles. The Balaban J connectivity index is 1.68. The fourth-order valence-corrected chi connectivity index (χ4v) is 3.57. The summed E-state index contributed by atoms with van der Waals surface area (Å²) in [4.78, 5) is 0. The third kappa shape index (κ3) is 5.34. The van der Waals surface area contributed by atoms with Crippen molar-refractivity contribution in [3.8, 4) is 11.5 Å². The van der Waals surface area contributed by atoms with Crippen LogP contribution >= 0.6 is 15.9 Å². The second kappa shape index (κ2) is 9.58. The fraction of sp³-hybridized carbons (Fsp3) is 0.217. The molecule has 0 saturated carbocycles. The van der Waals surface area contributed by atoms with Gasteiger partial charge in [-0.1, -0.05) is 60.7 Å². The summed E-state index contributed by atoms with van der Waals surface area (Å²) in [5, 5.41) is 2.32. The van der Waals surface area contributed by atoms with Gasteiger partial charge in [0.25, 0.3) is 0 Å². The Labute approximate surface area is 169 Å². The lowest BCUT2D eigenvalue weighted by molar-refractivity contribution is -0.707. The second-order valence-electron chi connectivity index (χ2n) is 6.52. The van der Waals surface area contributed by atoms with Crippen LogP contribution in [0.2, 0.25) is 0 Å². The molecule has 1 atom stereocenters. The molecule has 0 spiro atoms. The number of ether oxygens (including phenoxy) is 2. The highest BCUT2D eigenvalue weighted by Gasteiger charge is 2.14. The summed E-state index contributed by atoms with van der Waals surface area (Å²) < 4.78 is 12.5. The van der Waals surface area contributed by atoms with E-state index in [0.717, 1.165) is 28.1 Å². The van der Waals surface area contributed by atoms with Gasteiger partial charge in [0.1, 0.15) is 19.2 Å². The van der Waals surface area contributed by atoms with Gasteiger partial charge in [0.15, 0.2) is 11.5 Å². The Morgan fingerprint density at radius 3 is 2.26 bits per heavy atom. The van der Waals surface area contributed by atoms with Crippen LogP contribution in [0.1, 0.15) is 29.7 Å². The monoisotopic (exact) mass is 426 g/mol. The summed E-state index contributed by atoms with van der Waals surface area (Å²) in [7, 11) is 1.68. The van der Waals surface area contributed by atoms with Gasteiger partial charge >= 0.3 is 0 Å². The van der Waals surface area contributed by atoms with Crippen molar-refractivity contribution in [3.05, 3.63) is 94.0 Å². The minimum Gasteiger partial charge on any atom is -0.493 e. The Kier molecular flexibility index (Phi) is 6.91. The Morgan fingerprint density at radius 2 is 1.59 bits per heavy atom. The van der Waals surface area contributed by atoms with Crippen LogP contribution < -0.4 is 14.8 Å². The van der Waals surface area contributed by atoms with E-state index in [9.17, 15) is 0 Å². The van der Waals surface area contributed by atoms with Crippen LogP contribution in [0.3, 0.4) is 0 Å². The Bertz CT molecular complexity index is 853. The number of quaternary nitrogens is 1. The third-order valence-corrected chi connectivity index (χ3v) is 5.14. The summed E-state index contributed by atoms with van der Waals surface area (Å²) in [5.41, 5.74) is 3.64. The van der Waals surface area contributed by atoms with Crippen molar-refractivity contribution < 1.29 is 14.8 Å². The summed E-state index contributed by atoms with van der Waals surface area (Å²) in [6.07, 6.45) is 0. The molecule has 4 heteroatoms. The van der Waals surface area contributed by atoms with Gasteiger partial charge in [-0.05, 0) is 40.5 Å².